The summed E-state index contributed by atoms with van der Waals surface area (Å²) in [6.07, 6.45) is 3.74. The number of hydrogen-bond donors (Lipinski definition) is 1. The molecule has 1 fully saturated rings. The maximum Gasteiger partial charge on any atom is 0.242 e. The molecule has 0 spiro atoms. The van der Waals surface area contributed by atoms with Crippen molar-refractivity contribution in [3.05, 3.63) is 6.33 Å². The van der Waals surface area contributed by atoms with Gasteiger partial charge in [0.15, 0.2) is 5.82 Å². The molecule has 0 aliphatic carbocycles. The molecule has 6 heteroatoms. The second-order valence-corrected chi connectivity index (χ2v) is 4.77. The molecule has 0 amide bonds. The van der Waals surface area contributed by atoms with Crippen LogP contribution in [0.1, 0.15) is 12.8 Å². The van der Waals surface area contributed by atoms with E-state index in [4.69, 9.17) is 10.5 Å². The Morgan fingerprint density at radius 2 is 2.06 bits per heavy atom. The van der Waals surface area contributed by atoms with Crippen LogP contribution in [0.3, 0.4) is 0 Å². The van der Waals surface area contributed by atoms with Gasteiger partial charge in [0.2, 0.25) is 5.88 Å². The number of methoxy groups -OCH3 is 1. The monoisotopic (exact) mass is 251 g/mol. The van der Waals surface area contributed by atoms with Gasteiger partial charge in [0, 0.05) is 13.1 Å². The molecule has 18 heavy (non-hydrogen) atoms. The van der Waals surface area contributed by atoms with Crippen LogP contribution in [0.5, 0.6) is 5.88 Å². The zero-order chi connectivity index (χ0) is 13.1. The second kappa shape index (κ2) is 5.39. The summed E-state index contributed by atoms with van der Waals surface area (Å²) >= 11 is 0. The van der Waals surface area contributed by atoms with E-state index in [2.05, 4.69) is 26.8 Å². The Bertz CT molecular complexity index is 403. The summed E-state index contributed by atoms with van der Waals surface area (Å²) in [6, 6.07) is 0.475. The summed E-state index contributed by atoms with van der Waals surface area (Å²) in [4.78, 5) is 12.8. The molecule has 1 saturated heterocycles. The van der Waals surface area contributed by atoms with Gasteiger partial charge in [-0.15, -0.1) is 0 Å². The van der Waals surface area contributed by atoms with E-state index < -0.39 is 0 Å². The molecule has 0 radical (unpaired) electrons. The average Bonchev–Trinajstić information content (AvgIpc) is 2.39. The number of anilines is 2. The van der Waals surface area contributed by atoms with Gasteiger partial charge in [-0.05, 0) is 33.0 Å². The van der Waals surface area contributed by atoms with Crippen molar-refractivity contribution in [1.82, 2.24) is 14.9 Å². The van der Waals surface area contributed by atoms with Gasteiger partial charge >= 0.3 is 0 Å². The fourth-order valence-electron chi connectivity index (χ4n) is 2.37. The van der Waals surface area contributed by atoms with Crippen LogP contribution in [-0.4, -0.2) is 55.2 Å². The first-order chi connectivity index (χ1) is 8.63. The van der Waals surface area contributed by atoms with Crippen molar-refractivity contribution in [2.45, 2.75) is 18.9 Å². The molecule has 100 valence electrons. The highest BCUT2D eigenvalue weighted by Crippen LogP contribution is 2.29. The summed E-state index contributed by atoms with van der Waals surface area (Å²) < 4.78 is 5.13. The van der Waals surface area contributed by atoms with E-state index in [0.717, 1.165) is 31.7 Å². The molecule has 0 saturated carbocycles. The molecule has 1 aromatic heterocycles. The minimum Gasteiger partial charge on any atom is -0.479 e. The average molecular weight is 251 g/mol. The fraction of sp³-hybridized carbons (Fsp3) is 0.667. The van der Waals surface area contributed by atoms with Crippen LogP contribution in [0.25, 0.3) is 0 Å². The van der Waals surface area contributed by atoms with Gasteiger partial charge in [0.05, 0.1) is 7.11 Å². The van der Waals surface area contributed by atoms with Crippen molar-refractivity contribution in [1.29, 1.82) is 0 Å². The number of piperidine rings is 1. The maximum atomic E-state index is 6.03. The number of ether oxygens (including phenoxy) is 1. The lowest BCUT2D eigenvalue weighted by molar-refractivity contribution is 0.252. The maximum absolute atomic E-state index is 6.03. The van der Waals surface area contributed by atoms with Gasteiger partial charge in [0.25, 0.3) is 0 Å². The smallest absolute Gasteiger partial charge is 0.242 e. The van der Waals surface area contributed by atoms with Crippen molar-refractivity contribution < 1.29 is 4.74 Å². The largest absolute Gasteiger partial charge is 0.479 e. The lowest BCUT2D eigenvalue weighted by Gasteiger charge is -2.36. The van der Waals surface area contributed by atoms with Crippen LogP contribution in [0, 0.1) is 0 Å². The molecule has 2 heterocycles. The summed E-state index contributed by atoms with van der Waals surface area (Å²) in [7, 11) is 5.75. The number of hydrogen-bond acceptors (Lipinski definition) is 6. The number of nitrogens with two attached hydrogens (primary N) is 1. The predicted octanol–water partition coefficient (Wildman–Crippen LogP) is 0.598. The van der Waals surface area contributed by atoms with Gasteiger partial charge in [0.1, 0.15) is 12.0 Å². The van der Waals surface area contributed by atoms with Gasteiger partial charge in [-0.1, -0.05) is 0 Å². The van der Waals surface area contributed by atoms with E-state index in [-0.39, 0.29) is 0 Å². The summed E-state index contributed by atoms with van der Waals surface area (Å²) in [6.45, 7) is 2.22. The van der Waals surface area contributed by atoms with Gasteiger partial charge < -0.3 is 20.3 Å². The molecule has 0 unspecified atom stereocenters. The van der Waals surface area contributed by atoms with E-state index >= 15 is 0 Å². The molecule has 1 aliphatic rings. The SMILES string of the molecule is COc1ncnc(N(C)C2CCN(C)CC2)c1N. The molecular weight excluding hydrogens is 230 g/mol. The first-order valence-electron chi connectivity index (χ1n) is 6.19. The quantitative estimate of drug-likeness (QED) is 0.848. The minimum absolute atomic E-state index is 0.444. The zero-order valence-electron chi connectivity index (χ0n) is 11.3. The first kappa shape index (κ1) is 12.9. The molecule has 2 N–H and O–H groups in total. The molecule has 0 aromatic carbocycles. The third kappa shape index (κ3) is 2.48. The summed E-state index contributed by atoms with van der Waals surface area (Å²) in [5, 5.41) is 0. The lowest BCUT2D eigenvalue weighted by atomic mass is 10.0. The standard InChI is InChI=1S/C12H21N5O/c1-16-6-4-9(5-7-16)17(2)11-10(13)12(18-3)15-8-14-11/h8-9H,4-7,13H2,1-3H3. The van der Waals surface area contributed by atoms with Crippen molar-refractivity contribution >= 4 is 11.5 Å². The molecule has 0 atom stereocenters. The number of nitrogens with zero attached hydrogens (tertiary/aromatic N) is 4. The third-order valence-corrected chi connectivity index (χ3v) is 3.59. The Hall–Kier alpha value is -1.56. The molecule has 6 nitrogen and oxygen atoms in total. The van der Waals surface area contributed by atoms with Crippen LogP contribution >= 0.6 is 0 Å². The van der Waals surface area contributed by atoms with E-state index in [0.29, 0.717) is 17.6 Å². The second-order valence-electron chi connectivity index (χ2n) is 4.77. The highest BCUT2D eigenvalue weighted by atomic mass is 16.5. The Morgan fingerprint density at radius 3 is 2.67 bits per heavy atom. The van der Waals surface area contributed by atoms with Crippen LogP contribution in [0.2, 0.25) is 0 Å². The molecule has 0 bridgehead atoms. The molecule has 1 aliphatic heterocycles. The number of rotatable bonds is 3. The van der Waals surface area contributed by atoms with Crippen molar-refractivity contribution in [3.63, 3.8) is 0 Å². The Morgan fingerprint density at radius 1 is 1.39 bits per heavy atom. The Kier molecular flexibility index (Phi) is 3.86. The fourth-order valence-corrected chi connectivity index (χ4v) is 2.37. The van der Waals surface area contributed by atoms with Crippen LogP contribution in [-0.2, 0) is 0 Å². The van der Waals surface area contributed by atoms with Crippen molar-refractivity contribution in [2.24, 2.45) is 0 Å². The van der Waals surface area contributed by atoms with Crippen LogP contribution in [0.4, 0.5) is 11.5 Å². The van der Waals surface area contributed by atoms with Gasteiger partial charge in [-0.2, -0.15) is 4.98 Å². The lowest BCUT2D eigenvalue weighted by Crippen LogP contribution is -2.42. The predicted molar refractivity (Wildman–Crippen MR) is 71.9 cm³/mol. The number of likely N-dealkylation sites (tertiary alicyclic amines) is 1. The van der Waals surface area contributed by atoms with Crippen molar-refractivity contribution in [3.8, 4) is 5.88 Å². The Balaban J connectivity index is 2.15. The highest BCUT2D eigenvalue weighted by molar-refractivity contribution is 5.67. The number of aromatic nitrogens is 2. The first-order valence-corrected chi connectivity index (χ1v) is 6.19. The summed E-state index contributed by atoms with van der Waals surface area (Å²) in [5.41, 5.74) is 6.54. The Labute approximate surface area is 108 Å². The molecule has 1 aromatic rings. The normalized spacial score (nSPS) is 17.7. The molecule has 2 rings (SSSR count). The number of nitrogen functional groups attached to an aromatic ring is 1. The van der Waals surface area contributed by atoms with E-state index in [1.54, 1.807) is 7.11 Å². The van der Waals surface area contributed by atoms with Crippen molar-refractivity contribution in [2.75, 3.05) is 44.9 Å². The van der Waals surface area contributed by atoms with E-state index in [9.17, 15) is 0 Å². The van der Waals surface area contributed by atoms with E-state index in [1.165, 1.54) is 6.33 Å². The minimum atomic E-state index is 0.444. The van der Waals surface area contributed by atoms with Gasteiger partial charge in [-0.25, -0.2) is 4.98 Å². The summed E-state index contributed by atoms with van der Waals surface area (Å²) in [5.74, 6) is 1.20. The third-order valence-electron chi connectivity index (χ3n) is 3.59. The highest BCUT2D eigenvalue weighted by Gasteiger charge is 2.23. The topological polar surface area (TPSA) is 67.5 Å². The van der Waals surface area contributed by atoms with Crippen LogP contribution < -0.4 is 15.4 Å². The zero-order valence-corrected chi connectivity index (χ0v) is 11.3. The van der Waals surface area contributed by atoms with E-state index in [1.807, 2.05) is 7.05 Å². The van der Waals surface area contributed by atoms with Gasteiger partial charge in [-0.3, -0.25) is 0 Å². The van der Waals surface area contributed by atoms with Crippen LogP contribution in [0.15, 0.2) is 6.33 Å². The molecular formula is C12H21N5O.